The summed E-state index contributed by atoms with van der Waals surface area (Å²) in [5.74, 6) is -0.571. The molecular formula is C11H16FNO3S. The molecule has 0 aliphatic heterocycles. The number of sulfone groups is 1. The molecule has 0 heterocycles. The predicted octanol–water partition coefficient (Wildman–Crippen LogP) is 1.01. The van der Waals surface area contributed by atoms with Gasteiger partial charge in [-0.15, -0.1) is 0 Å². The lowest BCUT2D eigenvalue weighted by atomic mass is 10.2. The highest BCUT2D eigenvalue weighted by Crippen LogP contribution is 2.15. The first-order chi connectivity index (χ1) is 7.76. The molecule has 1 N–H and O–H groups in total. The summed E-state index contributed by atoms with van der Waals surface area (Å²) < 4.78 is 34.9. The quantitative estimate of drug-likeness (QED) is 0.859. The number of hydrogen-bond acceptors (Lipinski definition) is 4. The number of phenolic OH excluding ortho intramolecular Hbond substituents is 1. The van der Waals surface area contributed by atoms with Gasteiger partial charge in [0.05, 0.1) is 5.75 Å². The van der Waals surface area contributed by atoms with Crippen molar-refractivity contribution in [1.29, 1.82) is 0 Å². The Hall–Kier alpha value is -1.14. The van der Waals surface area contributed by atoms with Crippen LogP contribution in [0.3, 0.4) is 0 Å². The highest BCUT2D eigenvalue weighted by molar-refractivity contribution is 7.90. The lowest BCUT2D eigenvalue weighted by Crippen LogP contribution is -2.24. The van der Waals surface area contributed by atoms with E-state index >= 15 is 0 Å². The predicted molar refractivity (Wildman–Crippen MR) is 64.1 cm³/mol. The van der Waals surface area contributed by atoms with Crippen LogP contribution in [0.2, 0.25) is 0 Å². The van der Waals surface area contributed by atoms with E-state index in [0.717, 1.165) is 6.07 Å². The van der Waals surface area contributed by atoms with Crippen LogP contribution in [0.1, 0.15) is 5.56 Å². The number of rotatable bonds is 5. The molecule has 0 saturated carbocycles. The van der Waals surface area contributed by atoms with Crippen LogP contribution in [0.15, 0.2) is 18.2 Å². The van der Waals surface area contributed by atoms with Crippen LogP contribution >= 0.6 is 0 Å². The summed E-state index contributed by atoms with van der Waals surface area (Å²) in [4.78, 5) is 1.76. The van der Waals surface area contributed by atoms with Gasteiger partial charge < -0.3 is 10.0 Å². The number of nitrogens with zero attached hydrogens (tertiary/aromatic N) is 1. The summed E-state index contributed by atoms with van der Waals surface area (Å²) >= 11 is 0. The summed E-state index contributed by atoms with van der Waals surface area (Å²) in [6.45, 7) is 0.761. The van der Waals surface area contributed by atoms with E-state index in [9.17, 15) is 17.9 Å². The fraction of sp³-hybridized carbons (Fsp3) is 0.455. The molecule has 0 amide bonds. The molecule has 0 radical (unpaired) electrons. The van der Waals surface area contributed by atoms with Gasteiger partial charge in [0.1, 0.15) is 21.4 Å². The lowest BCUT2D eigenvalue weighted by molar-refractivity contribution is 0.344. The first kappa shape index (κ1) is 13.9. The van der Waals surface area contributed by atoms with Crippen LogP contribution in [0.4, 0.5) is 4.39 Å². The number of hydrogen-bond donors (Lipinski definition) is 1. The van der Waals surface area contributed by atoms with Gasteiger partial charge >= 0.3 is 0 Å². The SMILES string of the molecule is CN(CCS(C)(=O)=O)Cc1cc(O)cc(F)c1. The van der Waals surface area contributed by atoms with Gasteiger partial charge in [0.25, 0.3) is 0 Å². The van der Waals surface area contributed by atoms with Gasteiger partial charge in [0.2, 0.25) is 0 Å². The minimum Gasteiger partial charge on any atom is -0.508 e. The Morgan fingerprint density at radius 3 is 2.53 bits per heavy atom. The van der Waals surface area contributed by atoms with Gasteiger partial charge in [-0.05, 0) is 24.7 Å². The zero-order chi connectivity index (χ0) is 13.1. The molecule has 1 aromatic rings. The van der Waals surface area contributed by atoms with Crippen LogP contribution in [-0.4, -0.2) is 44.0 Å². The molecule has 6 heteroatoms. The van der Waals surface area contributed by atoms with E-state index < -0.39 is 15.7 Å². The Kier molecular flexibility index (Phi) is 4.47. The van der Waals surface area contributed by atoms with Crippen molar-refractivity contribution in [2.45, 2.75) is 6.54 Å². The molecular weight excluding hydrogens is 245 g/mol. The molecule has 0 aliphatic rings. The molecule has 0 fully saturated rings. The van der Waals surface area contributed by atoms with Crippen molar-refractivity contribution >= 4 is 9.84 Å². The topological polar surface area (TPSA) is 57.6 Å². The summed E-state index contributed by atoms with van der Waals surface area (Å²) in [5, 5.41) is 9.21. The second-order valence-electron chi connectivity index (χ2n) is 4.19. The molecule has 17 heavy (non-hydrogen) atoms. The maximum atomic E-state index is 13.0. The van der Waals surface area contributed by atoms with Crippen LogP contribution in [-0.2, 0) is 16.4 Å². The maximum Gasteiger partial charge on any atom is 0.148 e. The number of aromatic hydroxyl groups is 1. The summed E-state index contributed by atoms with van der Waals surface area (Å²) in [6.07, 6.45) is 1.18. The highest BCUT2D eigenvalue weighted by atomic mass is 32.2. The van der Waals surface area contributed by atoms with E-state index in [1.165, 1.54) is 18.4 Å². The van der Waals surface area contributed by atoms with Crippen LogP contribution < -0.4 is 0 Å². The Morgan fingerprint density at radius 2 is 2.00 bits per heavy atom. The molecule has 0 aliphatic carbocycles. The molecule has 96 valence electrons. The Balaban J connectivity index is 2.59. The van der Waals surface area contributed by atoms with Crippen molar-refractivity contribution in [3.63, 3.8) is 0 Å². The van der Waals surface area contributed by atoms with Gasteiger partial charge in [-0.2, -0.15) is 0 Å². The zero-order valence-electron chi connectivity index (χ0n) is 9.85. The summed E-state index contributed by atoms with van der Waals surface area (Å²) in [7, 11) is -1.25. The maximum absolute atomic E-state index is 13.0. The molecule has 0 spiro atoms. The Morgan fingerprint density at radius 1 is 1.35 bits per heavy atom. The van der Waals surface area contributed by atoms with E-state index in [1.54, 1.807) is 11.9 Å². The van der Waals surface area contributed by atoms with E-state index in [2.05, 4.69) is 0 Å². The molecule has 0 unspecified atom stereocenters. The summed E-state index contributed by atoms with van der Waals surface area (Å²) in [5.41, 5.74) is 0.610. The van der Waals surface area contributed by atoms with E-state index in [0.29, 0.717) is 18.7 Å². The second-order valence-corrected chi connectivity index (χ2v) is 6.45. The van der Waals surface area contributed by atoms with Gasteiger partial charge in [0.15, 0.2) is 0 Å². The average molecular weight is 261 g/mol. The van der Waals surface area contributed by atoms with Gasteiger partial charge in [-0.3, -0.25) is 0 Å². The van der Waals surface area contributed by atoms with E-state index in [1.807, 2.05) is 0 Å². The standard InChI is InChI=1S/C11H16FNO3S/c1-13(3-4-17(2,15)16)8-9-5-10(12)7-11(14)6-9/h5-7,14H,3-4,8H2,1-2H3. The van der Waals surface area contributed by atoms with Crippen molar-refractivity contribution in [1.82, 2.24) is 4.90 Å². The third-order valence-electron chi connectivity index (χ3n) is 2.24. The molecule has 0 bridgehead atoms. The number of benzene rings is 1. The van der Waals surface area contributed by atoms with Crippen LogP contribution in [0.25, 0.3) is 0 Å². The Bertz CT molecular complexity index is 467. The third-order valence-corrected chi connectivity index (χ3v) is 3.16. The first-order valence-corrected chi connectivity index (χ1v) is 7.17. The van der Waals surface area contributed by atoms with Crippen molar-refractivity contribution in [3.05, 3.63) is 29.6 Å². The molecule has 4 nitrogen and oxygen atoms in total. The molecule has 1 rings (SSSR count). The van der Waals surface area contributed by atoms with Gasteiger partial charge in [-0.1, -0.05) is 0 Å². The first-order valence-electron chi connectivity index (χ1n) is 5.11. The molecule has 1 aromatic carbocycles. The van der Waals surface area contributed by atoms with Crippen molar-refractivity contribution < 1.29 is 17.9 Å². The van der Waals surface area contributed by atoms with Crippen molar-refractivity contribution in [2.24, 2.45) is 0 Å². The van der Waals surface area contributed by atoms with Gasteiger partial charge in [0, 0.05) is 25.4 Å². The fourth-order valence-electron chi connectivity index (χ4n) is 1.44. The highest BCUT2D eigenvalue weighted by Gasteiger charge is 2.07. The molecule has 0 saturated heterocycles. The zero-order valence-corrected chi connectivity index (χ0v) is 10.7. The minimum atomic E-state index is -2.99. The van der Waals surface area contributed by atoms with Crippen molar-refractivity contribution in [3.8, 4) is 5.75 Å². The largest absolute Gasteiger partial charge is 0.508 e. The van der Waals surface area contributed by atoms with Gasteiger partial charge in [-0.25, -0.2) is 12.8 Å². The molecule has 0 atom stereocenters. The Labute approximate surface area is 101 Å². The number of halogens is 1. The number of phenols is 1. The van der Waals surface area contributed by atoms with Crippen LogP contribution in [0.5, 0.6) is 5.75 Å². The molecule has 0 aromatic heterocycles. The monoisotopic (exact) mass is 261 g/mol. The minimum absolute atomic E-state index is 0.0603. The normalized spacial score (nSPS) is 12.0. The van der Waals surface area contributed by atoms with E-state index in [4.69, 9.17) is 0 Å². The van der Waals surface area contributed by atoms with Crippen molar-refractivity contribution in [2.75, 3.05) is 25.6 Å². The second kappa shape index (κ2) is 5.46. The smallest absolute Gasteiger partial charge is 0.148 e. The fourth-order valence-corrected chi connectivity index (χ4v) is 2.08. The van der Waals surface area contributed by atoms with Crippen LogP contribution in [0, 0.1) is 5.82 Å². The van der Waals surface area contributed by atoms with E-state index in [-0.39, 0.29) is 11.5 Å². The third kappa shape index (κ3) is 5.65. The lowest BCUT2D eigenvalue weighted by Gasteiger charge is -2.16. The average Bonchev–Trinajstić information content (AvgIpc) is 2.11. The summed E-state index contributed by atoms with van der Waals surface area (Å²) in [6, 6.07) is 3.80.